The Morgan fingerprint density at radius 2 is 1.89 bits per heavy atom. The molecule has 2 aromatic rings. The Morgan fingerprint density at radius 3 is 2.47 bits per heavy atom. The van der Waals surface area contributed by atoms with Gasteiger partial charge in [0.2, 0.25) is 0 Å². The van der Waals surface area contributed by atoms with Crippen molar-refractivity contribution in [2.24, 2.45) is 0 Å². The maximum absolute atomic E-state index is 13.0. The molecule has 1 aromatic heterocycles. The minimum atomic E-state index is -3.84. The van der Waals surface area contributed by atoms with Gasteiger partial charge in [0.25, 0.3) is 10.0 Å². The van der Waals surface area contributed by atoms with Gasteiger partial charge < -0.3 is 0 Å². The Kier molecular flexibility index (Phi) is 4.01. The summed E-state index contributed by atoms with van der Waals surface area (Å²) in [5.41, 5.74) is 1.25. The van der Waals surface area contributed by atoms with Gasteiger partial charge in [-0.15, -0.1) is 11.6 Å². The van der Waals surface area contributed by atoms with E-state index in [1.807, 2.05) is 0 Å². The van der Waals surface area contributed by atoms with E-state index in [9.17, 15) is 12.8 Å². The number of benzene rings is 1. The highest BCUT2D eigenvalue weighted by Gasteiger charge is 2.15. The molecule has 1 heterocycles. The van der Waals surface area contributed by atoms with Gasteiger partial charge in [0.05, 0.1) is 6.20 Å². The van der Waals surface area contributed by atoms with E-state index in [0.717, 1.165) is 24.0 Å². The lowest BCUT2D eigenvalue weighted by molar-refractivity contribution is 0.592. The molecule has 0 amide bonds. The number of aromatic nitrogens is 1. The second-order valence-electron chi connectivity index (χ2n) is 3.77. The van der Waals surface area contributed by atoms with Crippen LogP contribution in [0.2, 0.25) is 0 Å². The summed E-state index contributed by atoms with van der Waals surface area (Å²) < 4.78 is 39.2. The normalized spacial score (nSPS) is 11.3. The van der Waals surface area contributed by atoms with E-state index in [4.69, 9.17) is 11.6 Å². The van der Waals surface area contributed by atoms with Gasteiger partial charge in [0.1, 0.15) is 10.7 Å². The predicted octanol–water partition coefficient (Wildman–Crippen LogP) is 2.76. The van der Waals surface area contributed by atoms with E-state index in [0.29, 0.717) is 11.6 Å². The van der Waals surface area contributed by atoms with Crippen molar-refractivity contribution in [3.8, 4) is 0 Å². The Bertz CT molecular complexity index is 674. The predicted molar refractivity (Wildman–Crippen MR) is 71.0 cm³/mol. The topological polar surface area (TPSA) is 59.1 Å². The molecule has 100 valence electrons. The number of sulfonamides is 1. The van der Waals surface area contributed by atoms with Crippen LogP contribution >= 0.6 is 11.6 Å². The molecule has 0 bridgehead atoms. The van der Waals surface area contributed by atoms with E-state index in [1.54, 1.807) is 24.3 Å². The van der Waals surface area contributed by atoms with Gasteiger partial charge in [-0.3, -0.25) is 9.71 Å². The van der Waals surface area contributed by atoms with Gasteiger partial charge in [-0.1, -0.05) is 12.1 Å². The van der Waals surface area contributed by atoms with Gasteiger partial charge >= 0.3 is 0 Å². The molecule has 0 saturated heterocycles. The Morgan fingerprint density at radius 1 is 1.21 bits per heavy atom. The van der Waals surface area contributed by atoms with Gasteiger partial charge in [-0.05, 0) is 23.8 Å². The van der Waals surface area contributed by atoms with Gasteiger partial charge in [-0.25, -0.2) is 12.8 Å². The Labute approximate surface area is 115 Å². The fourth-order valence-corrected chi connectivity index (χ4v) is 2.63. The maximum atomic E-state index is 13.0. The van der Waals surface area contributed by atoms with Crippen LogP contribution in [0.4, 0.5) is 10.1 Å². The first-order valence-corrected chi connectivity index (χ1v) is 7.31. The lowest BCUT2D eigenvalue weighted by Crippen LogP contribution is -2.13. The van der Waals surface area contributed by atoms with E-state index in [-0.39, 0.29) is 4.90 Å². The molecular weight excluding hydrogens is 291 g/mol. The average molecular weight is 301 g/mol. The standard InChI is InChI=1S/C12H10ClFN2O2S/c13-6-9-1-3-11(4-2-9)16-19(17,18)12-5-10(14)7-15-8-12/h1-5,7-8,16H,6H2. The second kappa shape index (κ2) is 5.54. The third-order valence-electron chi connectivity index (χ3n) is 2.35. The molecule has 0 saturated carbocycles. The summed E-state index contributed by atoms with van der Waals surface area (Å²) in [6, 6.07) is 7.48. The summed E-state index contributed by atoms with van der Waals surface area (Å²) >= 11 is 5.64. The van der Waals surface area contributed by atoms with Crippen molar-refractivity contribution < 1.29 is 12.8 Å². The molecule has 0 aliphatic heterocycles. The van der Waals surface area contributed by atoms with Crippen LogP contribution in [0.5, 0.6) is 0 Å². The van der Waals surface area contributed by atoms with Crippen LogP contribution < -0.4 is 4.72 Å². The second-order valence-corrected chi connectivity index (χ2v) is 5.72. The molecule has 19 heavy (non-hydrogen) atoms. The summed E-state index contributed by atoms with van der Waals surface area (Å²) in [5, 5.41) is 0. The zero-order valence-corrected chi connectivity index (χ0v) is 11.2. The molecule has 7 heteroatoms. The fourth-order valence-electron chi connectivity index (χ4n) is 1.42. The SMILES string of the molecule is O=S(=O)(Nc1ccc(CCl)cc1)c1cncc(F)c1. The van der Waals surface area contributed by atoms with E-state index < -0.39 is 15.8 Å². The first-order valence-electron chi connectivity index (χ1n) is 5.29. The number of hydrogen-bond donors (Lipinski definition) is 1. The number of halogens is 2. The van der Waals surface area contributed by atoms with Crippen molar-refractivity contribution in [2.75, 3.05) is 4.72 Å². The number of hydrogen-bond acceptors (Lipinski definition) is 3. The van der Waals surface area contributed by atoms with Crippen LogP contribution in [-0.4, -0.2) is 13.4 Å². The zero-order chi connectivity index (χ0) is 13.9. The van der Waals surface area contributed by atoms with Crippen LogP contribution in [0, 0.1) is 5.82 Å². The monoisotopic (exact) mass is 300 g/mol. The van der Waals surface area contributed by atoms with Crippen molar-refractivity contribution >= 4 is 27.3 Å². The lowest BCUT2D eigenvalue weighted by Gasteiger charge is -2.08. The molecule has 0 spiro atoms. The largest absolute Gasteiger partial charge is 0.280 e. The summed E-state index contributed by atoms with van der Waals surface area (Å²) in [6.45, 7) is 0. The third-order valence-corrected chi connectivity index (χ3v) is 4.01. The number of nitrogens with one attached hydrogen (secondary N) is 1. The van der Waals surface area contributed by atoms with Crippen molar-refractivity contribution in [1.29, 1.82) is 0 Å². The molecule has 0 aliphatic carbocycles. The summed E-state index contributed by atoms with van der Waals surface area (Å²) in [7, 11) is -3.84. The summed E-state index contributed by atoms with van der Waals surface area (Å²) in [4.78, 5) is 3.28. The summed E-state index contributed by atoms with van der Waals surface area (Å²) in [6.07, 6.45) is 2.02. The van der Waals surface area contributed by atoms with Crippen LogP contribution in [0.15, 0.2) is 47.6 Å². The fraction of sp³-hybridized carbons (Fsp3) is 0.0833. The number of rotatable bonds is 4. The smallest absolute Gasteiger partial charge is 0.263 e. The molecule has 4 nitrogen and oxygen atoms in total. The van der Waals surface area contributed by atoms with E-state index in [2.05, 4.69) is 9.71 Å². The quantitative estimate of drug-likeness (QED) is 0.883. The molecule has 0 aliphatic rings. The number of nitrogens with zero attached hydrogens (tertiary/aromatic N) is 1. The maximum Gasteiger partial charge on any atom is 0.263 e. The van der Waals surface area contributed by atoms with Crippen molar-refractivity contribution in [2.45, 2.75) is 10.8 Å². The molecule has 0 radical (unpaired) electrons. The molecule has 0 unspecified atom stereocenters. The molecule has 2 rings (SSSR count). The summed E-state index contributed by atoms with van der Waals surface area (Å²) in [5.74, 6) is -0.360. The highest BCUT2D eigenvalue weighted by Crippen LogP contribution is 2.17. The van der Waals surface area contributed by atoms with Crippen molar-refractivity contribution in [3.63, 3.8) is 0 Å². The van der Waals surface area contributed by atoms with Crippen LogP contribution in [0.1, 0.15) is 5.56 Å². The first-order chi connectivity index (χ1) is 9.01. The van der Waals surface area contributed by atoms with Crippen LogP contribution in [0.25, 0.3) is 0 Å². The zero-order valence-electron chi connectivity index (χ0n) is 9.68. The molecule has 0 atom stereocenters. The first kappa shape index (κ1) is 13.8. The van der Waals surface area contributed by atoms with E-state index in [1.165, 1.54) is 0 Å². The highest BCUT2D eigenvalue weighted by molar-refractivity contribution is 7.92. The lowest BCUT2D eigenvalue weighted by atomic mass is 10.2. The minimum absolute atomic E-state index is 0.228. The number of anilines is 1. The minimum Gasteiger partial charge on any atom is -0.280 e. The molecule has 1 aromatic carbocycles. The van der Waals surface area contributed by atoms with Crippen LogP contribution in [0.3, 0.4) is 0 Å². The highest BCUT2D eigenvalue weighted by atomic mass is 35.5. The van der Waals surface area contributed by atoms with Gasteiger partial charge in [0.15, 0.2) is 0 Å². The number of pyridine rings is 1. The van der Waals surface area contributed by atoms with Crippen molar-refractivity contribution in [1.82, 2.24) is 4.98 Å². The molecular formula is C12H10ClFN2O2S. The molecule has 1 N–H and O–H groups in total. The van der Waals surface area contributed by atoms with Gasteiger partial charge in [-0.2, -0.15) is 0 Å². The third kappa shape index (κ3) is 3.42. The van der Waals surface area contributed by atoms with Crippen molar-refractivity contribution in [3.05, 3.63) is 54.1 Å². The average Bonchev–Trinajstić information content (AvgIpc) is 2.39. The Balaban J connectivity index is 2.25. The molecule has 0 fully saturated rings. The Hall–Kier alpha value is -1.66. The number of alkyl halides is 1. The van der Waals surface area contributed by atoms with Crippen LogP contribution in [-0.2, 0) is 15.9 Å². The van der Waals surface area contributed by atoms with E-state index >= 15 is 0 Å². The van der Waals surface area contributed by atoms with Gasteiger partial charge in [0, 0.05) is 17.8 Å².